The average molecular weight is 349 g/mol. The molecule has 1 aromatic heterocycles. The number of thiazole rings is 1. The lowest BCUT2D eigenvalue weighted by Gasteiger charge is -2.08. The molecule has 0 saturated heterocycles. The summed E-state index contributed by atoms with van der Waals surface area (Å²) in [6, 6.07) is 15.8. The van der Waals surface area contributed by atoms with E-state index in [1.54, 1.807) is 6.21 Å². The molecule has 2 aromatic carbocycles. The second kappa shape index (κ2) is 6.41. The van der Waals surface area contributed by atoms with E-state index in [1.165, 1.54) is 11.3 Å². The molecular weight excluding hydrogens is 334 g/mol. The molecule has 3 N–H and O–H groups in total. The zero-order valence-electron chi connectivity index (χ0n) is 13.2. The van der Waals surface area contributed by atoms with Gasteiger partial charge in [0.2, 0.25) is 5.88 Å². The van der Waals surface area contributed by atoms with Crippen LogP contribution in [0.2, 0.25) is 0 Å². The summed E-state index contributed by atoms with van der Waals surface area (Å²) in [4.78, 5) is 8.84. The third-order valence-electron chi connectivity index (χ3n) is 3.81. The summed E-state index contributed by atoms with van der Waals surface area (Å²) in [5.41, 5.74) is 9.46. The molecule has 124 valence electrons. The molecular formula is C19H15N3O2S. The van der Waals surface area contributed by atoms with Gasteiger partial charge >= 0.3 is 0 Å². The third kappa shape index (κ3) is 3.25. The minimum absolute atomic E-state index is 0.0617. The number of rotatable bonds is 4. The van der Waals surface area contributed by atoms with Gasteiger partial charge < -0.3 is 15.6 Å². The highest BCUT2D eigenvalue weighted by atomic mass is 32.1. The van der Waals surface area contributed by atoms with E-state index in [9.17, 15) is 5.11 Å². The number of aromatic nitrogens is 1. The van der Waals surface area contributed by atoms with E-state index in [-0.39, 0.29) is 5.88 Å². The maximum Gasteiger partial charge on any atom is 0.231 e. The number of allylic oxidation sites excluding steroid dienone is 1. The molecule has 2 heterocycles. The van der Waals surface area contributed by atoms with Crippen molar-refractivity contribution in [1.82, 2.24) is 4.98 Å². The first-order valence-electron chi connectivity index (χ1n) is 7.71. The quantitative estimate of drug-likeness (QED) is 0.737. The molecule has 1 aliphatic rings. The minimum Gasteiger partial charge on any atom is -0.492 e. The summed E-state index contributed by atoms with van der Waals surface area (Å²) in [5, 5.41) is 10.1. The Bertz CT molecular complexity index is 978. The maximum absolute atomic E-state index is 9.81. The molecule has 25 heavy (non-hydrogen) atoms. The predicted molar refractivity (Wildman–Crippen MR) is 101 cm³/mol. The highest BCUT2D eigenvalue weighted by Crippen LogP contribution is 2.37. The fourth-order valence-corrected chi connectivity index (χ4v) is 3.27. The van der Waals surface area contributed by atoms with Crippen molar-refractivity contribution in [3.8, 4) is 11.6 Å². The van der Waals surface area contributed by atoms with Crippen molar-refractivity contribution >= 4 is 40.0 Å². The van der Waals surface area contributed by atoms with Gasteiger partial charge in [0.25, 0.3) is 0 Å². The van der Waals surface area contributed by atoms with E-state index in [1.807, 2.05) is 54.6 Å². The highest BCUT2D eigenvalue weighted by molar-refractivity contribution is 7.16. The number of anilines is 1. The second-order valence-corrected chi connectivity index (χ2v) is 6.61. The van der Waals surface area contributed by atoms with E-state index in [2.05, 4.69) is 9.98 Å². The fraction of sp³-hybridized carbons (Fsp3) is 0.0526. The Kier molecular flexibility index (Phi) is 3.95. The van der Waals surface area contributed by atoms with E-state index in [0.717, 1.165) is 28.1 Å². The second-order valence-electron chi connectivity index (χ2n) is 5.55. The fourth-order valence-electron chi connectivity index (χ4n) is 2.59. The van der Waals surface area contributed by atoms with Crippen LogP contribution in [-0.4, -0.2) is 16.3 Å². The first-order valence-corrected chi connectivity index (χ1v) is 8.53. The Morgan fingerprint density at radius 2 is 2.00 bits per heavy atom. The number of benzene rings is 2. The van der Waals surface area contributed by atoms with Crippen molar-refractivity contribution in [1.29, 1.82) is 0 Å². The highest BCUT2D eigenvalue weighted by Gasteiger charge is 2.15. The SMILES string of the molecule is Nc1nc(O)c(/C=C2/C=Nc3ccc(OCc4ccccc4)cc32)s1. The number of nitrogen functional groups attached to an aromatic ring is 1. The monoisotopic (exact) mass is 349 g/mol. The summed E-state index contributed by atoms with van der Waals surface area (Å²) in [5.74, 6) is 0.709. The zero-order valence-corrected chi connectivity index (χ0v) is 14.0. The molecule has 0 unspecified atom stereocenters. The van der Waals surface area contributed by atoms with Crippen LogP contribution in [0.15, 0.2) is 53.5 Å². The van der Waals surface area contributed by atoms with Gasteiger partial charge in [-0.15, -0.1) is 0 Å². The Hall–Kier alpha value is -3.12. The van der Waals surface area contributed by atoms with E-state index < -0.39 is 0 Å². The smallest absolute Gasteiger partial charge is 0.231 e. The number of fused-ring (bicyclic) bond motifs is 1. The minimum atomic E-state index is -0.0617. The van der Waals surface area contributed by atoms with Crippen molar-refractivity contribution in [3.05, 3.63) is 64.5 Å². The van der Waals surface area contributed by atoms with Crippen LogP contribution in [0.3, 0.4) is 0 Å². The van der Waals surface area contributed by atoms with Gasteiger partial charge in [-0.05, 0) is 29.8 Å². The lowest BCUT2D eigenvalue weighted by Crippen LogP contribution is -1.95. The summed E-state index contributed by atoms with van der Waals surface area (Å²) < 4.78 is 5.88. The summed E-state index contributed by atoms with van der Waals surface area (Å²) in [6.45, 7) is 0.506. The molecule has 4 rings (SSSR count). The normalized spacial score (nSPS) is 14.0. The van der Waals surface area contributed by atoms with Crippen LogP contribution in [0.25, 0.3) is 11.6 Å². The number of hydrogen-bond acceptors (Lipinski definition) is 6. The van der Waals surface area contributed by atoms with Crippen LogP contribution in [0.5, 0.6) is 11.6 Å². The van der Waals surface area contributed by atoms with Crippen molar-refractivity contribution in [2.24, 2.45) is 4.99 Å². The molecule has 0 atom stereocenters. The van der Waals surface area contributed by atoms with Gasteiger partial charge in [-0.1, -0.05) is 41.7 Å². The van der Waals surface area contributed by atoms with Crippen LogP contribution in [0.4, 0.5) is 10.8 Å². The first-order chi connectivity index (χ1) is 12.2. The van der Waals surface area contributed by atoms with Gasteiger partial charge in [-0.3, -0.25) is 4.99 Å². The van der Waals surface area contributed by atoms with Gasteiger partial charge in [0, 0.05) is 17.4 Å². The number of aliphatic imine (C=N–C) groups is 1. The molecule has 6 heteroatoms. The standard InChI is InChI=1S/C19H15N3O2S/c20-19-22-18(23)17(25-19)8-13-10-21-16-7-6-14(9-15(13)16)24-11-12-4-2-1-3-5-12/h1-10,23H,11H2,(H2,20,22)/b13-8-. The molecule has 0 radical (unpaired) electrons. The molecule has 3 aromatic rings. The zero-order chi connectivity index (χ0) is 17.2. The van der Waals surface area contributed by atoms with Crippen LogP contribution in [0, 0.1) is 0 Å². The predicted octanol–water partition coefficient (Wildman–Crippen LogP) is 4.27. The van der Waals surface area contributed by atoms with Crippen molar-refractivity contribution in [2.45, 2.75) is 6.61 Å². The van der Waals surface area contributed by atoms with Gasteiger partial charge in [0.15, 0.2) is 5.13 Å². The summed E-state index contributed by atoms with van der Waals surface area (Å²) in [6.07, 6.45) is 3.60. The van der Waals surface area contributed by atoms with E-state index >= 15 is 0 Å². The number of nitrogens with two attached hydrogens (primary N) is 1. The average Bonchev–Trinajstić information content (AvgIpc) is 3.17. The molecule has 0 bridgehead atoms. The number of hydrogen-bond donors (Lipinski definition) is 2. The van der Waals surface area contributed by atoms with Gasteiger partial charge in [-0.25, -0.2) is 0 Å². The summed E-state index contributed by atoms with van der Waals surface area (Å²) >= 11 is 1.23. The van der Waals surface area contributed by atoms with Crippen LogP contribution in [-0.2, 0) is 6.61 Å². The molecule has 1 aliphatic heterocycles. The number of nitrogens with zero attached hydrogens (tertiary/aromatic N) is 2. The van der Waals surface area contributed by atoms with Crippen molar-refractivity contribution < 1.29 is 9.84 Å². The van der Waals surface area contributed by atoms with E-state index in [0.29, 0.717) is 16.6 Å². The Morgan fingerprint density at radius 1 is 1.16 bits per heavy atom. The van der Waals surface area contributed by atoms with Gasteiger partial charge in [0.1, 0.15) is 12.4 Å². The van der Waals surface area contributed by atoms with Crippen LogP contribution >= 0.6 is 11.3 Å². The Morgan fingerprint density at radius 3 is 2.76 bits per heavy atom. The Labute approximate surface area is 148 Å². The molecule has 0 spiro atoms. The number of aromatic hydroxyl groups is 1. The summed E-state index contributed by atoms with van der Waals surface area (Å²) in [7, 11) is 0. The third-order valence-corrected chi connectivity index (χ3v) is 4.63. The molecule has 0 fully saturated rings. The van der Waals surface area contributed by atoms with E-state index in [4.69, 9.17) is 10.5 Å². The van der Waals surface area contributed by atoms with Crippen molar-refractivity contribution in [3.63, 3.8) is 0 Å². The number of ether oxygens (including phenoxy) is 1. The molecule has 0 amide bonds. The Balaban J connectivity index is 1.59. The van der Waals surface area contributed by atoms with Crippen molar-refractivity contribution in [2.75, 3.05) is 5.73 Å². The molecule has 5 nitrogen and oxygen atoms in total. The molecule has 0 saturated carbocycles. The van der Waals surface area contributed by atoms with Gasteiger partial charge in [-0.2, -0.15) is 4.98 Å². The lowest BCUT2D eigenvalue weighted by molar-refractivity contribution is 0.306. The topological polar surface area (TPSA) is 80.7 Å². The maximum atomic E-state index is 9.81. The first kappa shape index (κ1) is 15.4. The van der Waals surface area contributed by atoms with Crippen LogP contribution < -0.4 is 10.5 Å². The van der Waals surface area contributed by atoms with Gasteiger partial charge in [0.05, 0.1) is 10.6 Å². The van der Waals surface area contributed by atoms with Crippen LogP contribution in [0.1, 0.15) is 16.0 Å². The largest absolute Gasteiger partial charge is 0.492 e. The lowest BCUT2D eigenvalue weighted by atomic mass is 10.1. The molecule has 0 aliphatic carbocycles.